The highest BCUT2D eigenvalue weighted by Gasteiger charge is 2.05. The highest BCUT2D eigenvalue weighted by atomic mass is 16.5. The molecule has 0 spiro atoms. The first-order chi connectivity index (χ1) is 8.85. The van der Waals surface area contributed by atoms with Crippen molar-refractivity contribution < 1.29 is 4.74 Å². The molecule has 0 amide bonds. The van der Waals surface area contributed by atoms with Gasteiger partial charge in [0.15, 0.2) is 0 Å². The van der Waals surface area contributed by atoms with Gasteiger partial charge in [-0.3, -0.25) is 0 Å². The molecule has 4 heteroatoms. The highest BCUT2D eigenvalue weighted by molar-refractivity contribution is 5.85. The van der Waals surface area contributed by atoms with Crippen LogP contribution < -0.4 is 10.1 Å². The van der Waals surface area contributed by atoms with Gasteiger partial charge in [-0.05, 0) is 12.6 Å². The Morgan fingerprint density at radius 1 is 1.39 bits per heavy atom. The van der Waals surface area contributed by atoms with Gasteiger partial charge in [-0.1, -0.05) is 25.1 Å². The number of benzene rings is 1. The third-order valence-electron chi connectivity index (χ3n) is 2.59. The minimum atomic E-state index is 0.503. The number of nitriles is 1. The van der Waals surface area contributed by atoms with Crippen molar-refractivity contribution in [3.8, 4) is 11.9 Å². The molecule has 0 atom stereocenters. The summed E-state index contributed by atoms with van der Waals surface area (Å²) in [7, 11) is 0. The van der Waals surface area contributed by atoms with E-state index in [0.29, 0.717) is 18.1 Å². The van der Waals surface area contributed by atoms with Gasteiger partial charge in [-0.2, -0.15) is 5.26 Å². The SMILES string of the molecule is CCNCCOc1cc(C#N)c2ccccc2n1. The lowest BCUT2D eigenvalue weighted by Crippen LogP contribution is -2.20. The van der Waals surface area contributed by atoms with E-state index in [0.717, 1.165) is 24.0 Å². The molecular weight excluding hydrogens is 226 g/mol. The van der Waals surface area contributed by atoms with E-state index < -0.39 is 0 Å². The van der Waals surface area contributed by atoms with E-state index in [-0.39, 0.29) is 0 Å². The quantitative estimate of drug-likeness (QED) is 0.814. The van der Waals surface area contributed by atoms with Crippen LogP contribution in [0, 0.1) is 11.3 Å². The Bertz CT molecular complexity index is 575. The first-order valence-electron chi connectivity index (χ1n) is 5.98. The van der Waals surface area contributed by atoms with E-state index in [9.17, 15) is 0 Å². The van der Waals surface area contributed by atoms with Crippen LogP contribution in [-0.2, 0) is 0 Å². The minimum absolute atomic E-state index is 0.503. The number of likely N-dealkylation sites (N-methyl/N-ethyl adjacent to an activating group) is 1. The number of ether oxygens (including phenoxy) is 1. The van der Waals surface area contributed by atoms with Crippen LogP contribution >= 0.6 is 0 Å². The average molecular weight is 241 g/mol. The van der Waals surface area contributed by atoms with E-state index in [1.54, 1.807) is 6.07 Å². The molecule has 0 bridgehead atoms. The molecule has 0 radical (unpaired) electrons. The second-order valence-electron chi connectivity index (χ2n) is 3.84. The average Bonchev–Trinajstić information content (AvgIpc) is 2.42. The van der Waals surface area contributed by atoms with Gasteiger partial charge >= 0.3 is 0 Å². The van der Waals surface area contributed by atoms with Crippen LogP contribution in [0.4, 0.5) is 0 Å². The molecule has 18 heavy (non-hydrogen) atoms. The molecule has 1 N–H and O–H groups in total. The smallest absolute Gasteiger partial charge is 0.215 e. The van der Waals surface area contributed by atoms with Crippen LogP contribution in [0.2, 0.25) is 0 Å². The monoisotopic (exact) mass is 241 g/mol. The molecule has 0 fully saturated rings. The molecule has 2 rings (SSSR count). The molecule has 4 nitrogen and oxygen atoms in total. The van der Waals surface area contributed by atoms with E-state index in [1.165, 1.54) is 0 Å². The maximum atomic E-state index is 9.12. The van der Waals surface area contributed by atoms with Gasteiger partial charge in [0.1, 0.15) is 12.7 Å². The number of nitrogens with zero attached hydrogens (tertiary/aromatic N) is 2. The van der Waals surface area contributed by atoms with Crippen molar-refractivity contribution in [1.29, 1.82) is 5.26 Å². The van der Waals surface area contributed by atoms with E-state index in [1.807, 2.05) is 31.2 Å². The first-order valence-corrected chi connectivity index (χ1v) is 5.98. The maximum Gasteiger partial charge on any atom is 0.215 e. The summed E-state index contributed by atoms with van der Waals surface area (Å²) in [5.74, 6) is 0.503. The van der Waals surface area contributed by atoms with E-state index in [4.69, 9.17) is 10.00 Å². The molecule has 0 aliphatic rings. The van der Waals surface area contributed by atoms with Gasteiger partial charge in [0.05, 0.1) is 11.1 Å². The topological polar surface area (TPSA) is 57.9 Å². The lowest BCUT2D eigenvalue weighted by atomic mass is 10.1. The molecule has 0 aliphatic heterocycles. The predicted molar refractivity (Wildman–Crippen MR) is 70.5 cm³/mol. The molecule has 1 aromatic heterocycles. The number of rotatable bonds is 5. The lowest BCUT2D eigenvalue weighted by Gasteiger charge is -2.07. The minimum Gasteiger partial charge on any atom is -0.476 e. The summed E-state index contributed by atoms with van der Waals surface area (Å²) in [5, 5.41) is 13.2. The molecule has 0 saturated carbocycles. The fraction of sp³-hybridized carbons (Fsp3) is 0.286. The molecule has 0 saturated heterocycles. The zero-order valence-electron chi connectivity index (χ0n) is 10.3. The highest BCUT2D eigenvalue weighted by Crippen LogP contribution is 2.21. The van der Waals surface area contributed by atoms with Crippen molar-refractivity contribution >= 4 is 10.9 Å². The van der Waals surface area contributed by atoms with Crippen LogP contribution in [0.5, 0.6) is 5.88 Å². The number of aromatic nitrogens is 1. The molecule has 92 valence electrons. The maximum absolute atomic E-state index is 9.12. The zero-order valence-corrected chi connectivity index (χ0v) is 10.3. The fourth-order valence-corrected chi connectivity index (χ4v) is 1.72. The van der Waals surface area contributed by atoms with Crippen LogP contribution in [-0.4, -0.2) is 24.7 Å². The Morgan fingerprint density at radius 3 is 3.00 bits per heavy atom. The molecule has 1 aromatic carbocycles. The summed E-state index contributed by atoms with van der Waals surface area (Å²) in [6.45, 7) is 4.27. The van der Waals surface area contributed by atoms with Gasteiger partial charge < -0.3 is 10.1 Å². The van der Waals surface area contributed by atoms with Gasteiger partial charge in [0, 0.05) is 18.0 Å². The Morgan fingerprint density at radius 2 is 2.22 bits per heavy atom. The van der Waals surface area contributed by atoms with Crippen molar-refractivity contribution in [3.63, 3.8) is 0 Å². The Balaban J connectivity index is 2.22. The standard InChI is InChI=1S/C14H15N3O/c1-2-16-7-8-18-14-9-11(10-15)12-5-3-4-6-13(12)17-14/h3-6,9,16H,2,7-8H2,1H3. The number of nitrogens with one attached hydrogen (secondary N) is 1. The van der Waals surface area contributed by atoms with E-state index >= 15 is 0 Å². The second-order valence-corrected chi connectivity index (χ2v) is 3.84. The van der Waals surface area contributed by atoms with Crippen molar-refractivity contribution in [2.24, 2.45) is 0 Å². The normalized spacial score (nSPS) is 10.2. The summed E-state index contributed by atoms with van der Waals surface area (Å²) in [4.78, 5) is 4.38. The molecule has 0 unspecified atom stereocenters. The fourth-order valence-electron chi connectivity index (χ4n) is 1.72. The summed E-state index contributed by atoms with van der Waals surface area (Å²) in [6.07, 6.45) is 0. The van der Waals surface area contributed by atoms with Crippen molar-refractivity contribution in [1.82, 2.24) is 10.3 Å². The molecule has 1 heterocycles. The molecule has 2 aromatic rings. The van der Waals surface area contributed by atoms with Gasteiger partial charge in [-0.25, -0.2) is 4.98 Å². The third-order valence-corrected chi connectivity index (χ3v) is 2.59. The van der Waals surface area contributed by atoms with Crippen LogP contribution in [0.3, 0.4) is 0 Å². The van der Waals surface area contributed by atoms with Gasteiger partial charge in [0.2, 0.25) is 5.88 Å². The summed E-state index contributed by atoms with van der Waals surface area (Å²) in [6, 6.07) is 11.4. The number of hydrogen-bond acceptors (Lipinski definition) is 4. The second kappa shape index (κ2) is 5.99. The summed E-state index contributed by atoms with van der Waals surface area (Å²) >= 11 is 0. The van der Waals surface area contributed by atoms with Crippen LogP contribution in [0.25, 0.3) is 10.9 Å². The predicted octanol–water partition coefficient (Wildman–Crippen LogP) is 2.09. The van der Waals surface area contributed by atoms with Crippen molar-refractivity contribution in [2.45, 2.75) is 6.92 Å². The van der Waals surface area contributed by atoms with Crippen LogP contribution in [0.1, 0.15) is 12.5 Å². The number of hydrogen-bond donors (Lipinski definition) is 1. The van der Waals surface area contributed by atoms with Gasteiger partial charge in [-0.15, -0.1) is 0 Å². The molecule has 0 aliphatic carbocycles. The Hall–Kier alpha value is -2.12. The Labute approximate surface area is 106 Å². The summed E-state index contributed by atoms with van der Waals surface area (Å²) < 4.78 is 5.53. The summed E-state index contributed by atoms with van der Waals surface area (Å²) in [5.41, 5.74) is 1.38. The van der Waals surface area contributed by atoms with Crippen LogP contribution in [0.15, 0.2) is 30.3 Å². The van der Waals surface area contributed by atoms with Gasteiger partial charge in [0.25, 0.3) is 0 Å². The first kappa shape index (κ1) is 12.3. The van der Waals surface area contributed by atoms with Crippen molar-refractivity contribution in [2.75, 3.05) is 19.7 Å². The Kier molecular flexibility index (Phi) is 4.11. The van der Waals surface area contributed by atoms with Crippen molar-refractivity contribution in [3.05, 3.63) is 35.9 Å². The zero-order chi connectivity index (χ0) is 12.8. The number of pyridine rings is 1. The lowest BCUT2D eigenvalue weighted by molar-refractivity contribution is 0.305. The third kappa shape index (κ3) is 2.76. The molecular formula is C14H15N3O. The largest absolute Gasteiger partial charge is 0.476 e. The van der Waals surface area contributed by atoms with E-state index in [2.05, 4.69) is 16.4 Å². The number of para-hydroxylation sites is 1. The number of fused-ring (bicyclic) bond motifs is 1.